The van der Waals surface area contributed by atoms with Crippen molar-refractivity contribution in [1.29, 1.82) is 0 Å². The summed E-state index contributed by atoms with van der Waals surface area (Å²) in [6.45, 7) is 0. The Labute approximate surface area is 104 Å². The highest BCUT2D eigenvalue weighted by Gasteiger charge is 2.16. The highest BCUT2D eigenvalue weighted by Crippen LogP contribution is 2.17. The predicted octanol–water partition coefficient (Wildman–Crippen LogP) is 2.57. The Morgan fingerprint density at radius 3 is 2.50 bits per heavy atom. The van der Waals surface area contributed by atoms with Gasteiger partial charge in [-0.1, -0.05) is 34.1 Å². The topological polar surface area (TPSA) is 35.5 Å². The molecular formula is C12H15BrO3. The van der Waals surface area contributed by atoms with Gasteiger partial charge in [0.1, 0.15) is 0 Å². The molecule has 0 saturated carbocycles. The lowest BCUT2D eigenvalue weighted by molar-refractivity contribution is -0.156. The highest BCUT2D eigenvalue weighted by molar-refractivity contribution is 9.10. The summed E-state index contributed by atoms with van der Waals surface area (Å²) in [6.07, 6.45) is 0.348. The maximum Gasteiger partial charge on any atom is 0.217 e. The first kappa shape index (κ1) is 13.4. The summed E-state index contributed by atoms with van der Waals surface area (Å²) in [7, 11) is 2.93. The third-order valence-corrected chi connectivity index (χ3v) is 3.06. The fourth-order valence-electron chi connectivity index (χ4n) is 1.44. The first-order valence-corrected chi connectivity index (χ1v) is 5.80. The van der Waals surface area contributed by atoms with E-state index in [1.54, 1.807) is 0 Å². The van der Waals surface area contributed by atoms with Crippen LogP contribution in [0.3, 0.4) is 0 Å². The van der Waals surface area contributed by atoms with Gasteiger partial charge in [0.2, 0.25) is 6.29 Å². The zero-order valence-electron chi connectivity index (χ0n) is 9.40. The zero-order valence-corrected chi connectivity index (χ0v) is 11.0. The molecule has 0 aliphatic rings. The number of ether oxygens (including phenoxy) is 2. The number of hydrogen-bond donors (Lipinski definition) is 0. The molecular weight excluding hydrogens is 272 g/mol. The van der Waals surface area contributed by atoms with Crippen LogP contribution >= 0.6 is 15.9 Å². The minimum absolute atomic E-state index is 0.0410. The van der Waals surface area contributed by atoms with E-state index >= 15 is 0 Å². The lowest BCUT2D eigenvalue weighted by Crippen LogP contribution is -2.25. The van der Waals surface area contributed by atoms with Crippen molar-refractivity contribution >= 4 is 21.7 Å². The first-order chi connectivity index (χ1) is 7.69. The Morgan fingerprint density at radius 1 is 1.31 bits per heavy atom. The van der Waals surface area contributed by atoms with Crippen molar-refractivity contribution in [3.05, 3.63) is 34.3 Å². The number of benzene rings is 1. The van der Waals surface area contributed by atoms with E-state index in [1.165, 1.54) is 14.2 Å². The van der Waals surface area contributed by atoms with Crippen LogP contribution in [-0.4, -0.2) is 26.3 Å². The Morgan fingerprint density at radius 2 is 1.94 bits per heavy atom. The molecule has 1 aromatic rings. The van der Waals surface area contributed by atoms with Crippen molar-refractivity contribution in [2.75, 3.05) is 14.2 Å². The minimum atomic E-state index is -0.748. The molecule has 1 rings (SSSR count). The van der Waals surface area contributed by atoms with Gasteiger partial charge in [-0.15, -0.1) is 0 Å². The van der Waals surface area contributed by atoms with Gasteiger partial charge >= 0.3 is 0 Å². The molecule has 88 valence electrons. The van der Waals surface area contributed by atoms with E-state index < -0.39 is 6.29 Å². The standard InChI is InChI=1S/C12H15BrO3/c1-15-12(16-2)11(14)8-7-9-5-3-4-6-10(9)13/h3-6,12H,7-8H2,1-2H3. The van der Waals surface area contributed by atoms with E-state index in [0.717, 1.165) is 10.0 Å². The highest BCUT2D eigenvalue weighted by atomic mass is 79.9. The second kappa shape index (κ2) is 6.78. The van der Waals surface area contributed by atoms with Crippen molar-refractivity contribution in [3.8, 4) is 0 Å². The molecule has 0 unspecified atom stereocenters. The first-order valence-electron chi connectivity index (χ1n) is 5.00. The lowest BCUT2D eigenvalue weighted by atomic mass is 10.1. The van der Waals surface area contributed by atoms with Gasteiger partial charge in [-0.25, -0.2) is 0 Å². The summed E-state index contributed by atoms with van der Waals surface area (Å²) >= 11 is 3.44. The number of carbonyl (C=O) groups excluding carboxylic acids is 1. The molecule has 0 heterocycles. The zero-order chi connectivity index (χ0) is 12.0. The molecule has 0 saturated heterocycles. The van der Waals surface area contributed by atoms with Crippen LogP contribution in [-0.2, 0) is 20.7 Å². The number of aryl methyl sites for hydroxylation is 1. The number of halogens is 1. The van der Waals surface area contributed by atoms with Gasteiger partial charge < -0.3 is 9.47 Å². The monoisotopic (exact) mass is 286 g/mol. The fourth-order valence-corrected chi connectivity index (χ4v) is 1.92. The van der Waals surface area contributed by atoms with Crippen LogP contribution in [0.5, 0.6) is 0 Å². The largest absolute Gasteiger partial charge is 0.349 e. The predicted molar refractivity (Wildman–Crippen MR) is 65.3 cm³/mol. The van der Waals surface area contributed by atoms with Crippen molar-refractivity contribution in [2.45, 2.75) is 19.1 Å². The van der Waals surface area contributed by atoms with Crippen LogP contribution in [0, 0.1) is 0 Å². The summed E-state index contributed by atoms with van der Waals surface area (Å²) in [4.78, 5) is 11.6. The number of methoxy groups -OCH3 is 2. The van der Waals surface area contributed by atoms with Crippen molar-refractivity contribution in [1.82, 2.24) is 0 Å². The van der Waals surface area contributed by atoms with Gasteiger partial charge in [0, 0.05) is 25.1 Å². The summed E-state index contributed by atoms with van der Waals surface area (Å²) in [5, 5.41) is 0. The summed E-state index contributed by atoms with van der Waals surface area (Å²) < 4.78 is 10.8. The van der Waals surface area contributed by atoms with Gasteiger partial charge in [0.05, 0.1) is 0 Å². The van der Waals surface area contributed by atoms with Crippen LogP contribution in [0.2, 0.25) is 0 Å². The number of hydrogen-bond acceptors (Lipinski definition) is 3. The minimum Gasteiger partial charge on any atom is -0.349 e. The van der Waals surface area contributed by atoms with Crippen molar-refractivity contribution in [3.63, 3.8) is 0 Å². The van der Waals surface area contributed by atoms with E-state index in [-0.39, 0.29) is 5.78 Å². The van der Waals surface area contributed by atoms with E-state index in [2.05, 4.69) is 15.9 Å². The van der Waals surface area contributed by atoms with Crippen LogP contribution in [0.1, 0.15) is 12.0 Å². The van der Waals surface area contributed by atoms with Crippen LogP contribution in [0.4, 0.5) is 0 Å². The van der Waals surface area contributed by atoms with Gasteiger partial charge in [-0.2, -0.15) is 0 Å². The summed E-state index contributed by atoms with van der Waals surface area (Å²) in [5.74, 6) is -0.0410. The average molecular weight is 287 g/mol. The molecule has 0 spiro atoms. The Bertz CT molecular complexity index is 348. The molecule has 3 nitrogen and oxygen atoms in total. The van der Waals surface area contributed by atoms with Gasteiger partial charge in [0.15, 0.2) is 5.78 Å². The molecule has 0 aromatic heterocycles. The van der Waals surface area contributed by atoms with Crippen molar-refractivity contribution < 1.29 is 14.3 Å². The SMILES string of the molecule is COC(OC)C(=O)CCc1ccccc1Br. The molecule has 0 atom stereocenters. The summed E-state index contributed by atoms with van der Waals surface area (Å²) in [5.41, 5.74) is 1.11. The smallest absolute Gasteiger partial charge is 0.217 e. The van der Waals surface area contributed by atoms with E-state index in [1.807, 2.05) is 24.3 Å². The molecule has 0 aliphatic carbocycles. The molecule has 0 N–H and O–H groups in total. The summed E-state index contributed by atoms with van der Waals surface area (Å²) in [6, 6.07) is 7.85. The Hall–Kier alpha value is -0.710. The maximum absolute atomic E-state index is 11.6. The third-order valence-electron chi connectivity index (χ3n) is 2.29. The molecule has 1 aromatic carbocycles. The Balaban J connectivity index is 2.52. The lowest BCUT2D eigenvalue weighted by Gasteiger charge is -2.11. The van der Waals surface area contributed by atoms with Gasteiger partial charge in [-0.3, -0.25) is 4.79 Å². The van der Waals surface area contributed by atoms with Crippen molar-refractivity contribution in [2.24, 2.45) is 0 Å². The normalized spacial score (nSPS) is 10.8. The second-order valence-electron chi connectivity index (χ2n) is 3.36. The van der Waals surface area contributed by atoms with Gasteiger partial charge in [-0.05, 0) is 18.1 Å². The molecule has 16 heavy (non-hydrogen) atoms. The number of carbonyl (C=O) groups is 1. The molecule has 0 radical (unpaired) electrons. The average Bonchev–Trinajstić information content (AvgIpc) is 2.29. The van der Waals surface area contributed by atoms with Crippen LogP contribution < -0.4 is 0 Å². The fraction of sp³-hybridized carbons (Fsp3) is 0.417. The van der Waals surface area contributed by atoms with E-state index in [9.17, 15) is 4.79 Å². The second-order valence-corrected chi connectivity index (χ2v) is 4.22. The Kier molecular flexibility index (Phi) is 5.66. The third kappa shape index (κ3) is 3.70. The molecule has 0 amide bonds. The van der Waals surface area contributed by atoms with E-state index in [4.69, 9.17) is 9.47 Å². The maximum atomic E-state index is 11.6. The molecule has 0 aliphatic heterocycles. The van der Waals surface area contributed by atoms with Crippen LogP contribution in [0.15, 0.2) is 28.7 Å². The van der Waals surface area contributed by atoms with Gasteiger partial charge in [0.25, 0.3) is 0 Å². The molecule has 0 bridgehead atoms. The quantitative estimate of drug-likeness (QED) is 0.754. The number of rotatable bonds is 6. The number of Topliss-reactive ketones (excluding diaryl/α,β-unsaturated/α-hetero) is 1. The van der Waals surface area contributed by atoms with E-state index in [0.29, 0.717) is 12.8 Å². The number of ketones is 1. The molecule has 4 heteroatoms. The van der Waals surface area contributed by atoms with Crippen LogP contribution in [0.25, 0.3) is 0 Å². The molecule has 0 fully saturated rings.